The van der Waals surface area contributed by atoms with Crippen LogP contribution < -0.4 is 5.32 Å². The molecule has 2 aromatic carbocycles. The second-order valence-corrected chi connectivity index (χ2v) is 4.37. The zero-order valence-electron chi connectivity index (χ0n) is 10.9. The largest absolute Gasteiger partial charge is 0.322 e. The smallest absolute Gasteiger partial charge is 0.257 e. The second-order valence-electron chi connectivity index (χ2n) is 4.37. The van der Waals surface area contributed by atoms with E-state index in [1.807, 2.05) is 6.07 Å². The first kappa shape index (κ1) is 12.8. The molecule has 1 N–H and O–H groups in total. The summed E-state index contributed by atoms with van der Waals surface area (Å²) in [7, 11) is 0. The van der Waals surface area contributed by atoms with E-state index in [2.05, 4.69) is 15.3 Å². The van der Waals surface area contributed by atoms with Gasteiger partial charge in [-0.2, -0.15) is 5.26 Å². The molecule has 5 heteroatoms. The molecule has 100 valence electrons. The van der Waals surface area contributed by atoms with Crippen molar-refractivity contribution < 1.29 is 4.79 Å². The highest BCUT2D eigenvalue weighted by atomic mass is 16.1. The fourth-order valence-corrected chi connectivity index (χ4v) is 2.00. The summed E-state index contributed by atoms with van der Waals surface area (Å²) in [5.41, 5.74) is 2.87. The standard InChI is InChI=1S/C16H10N4O/c17-10-11-4-6-12(7-5-11)20-16(21)13-2-1-3-14-15(13)19-9-8-18-14/h1-9H,(H,20,21). The molecule has 1 amide bonds. The highest BCUT2D eigenvalue weighted by Gasteiger charge is 2.11. The molecule has 21 heavy (non-hydrogen) atoms. The maximum Gasteiger partial charge on any atom is 0.257 e. The Bertz CT molecular complexity index is 845. The normalized spacial score (nSPS) is 10.0. The molecule has 0 aliphatic heterocycles. The van der Waals surface area contributed by atoms with Crippen LogP contribution in [0.15, 0.2) is 54.9 Å². The van der Waals surface area contributed by atoms with Crippen LogP contribution in [0.3, 0.4) is 0 Å². The van der Waals surface area contributed by atoms with Crippen molar-refractivity contribution in [1.29, 1.82) is 5.26 Å². The van der Waals surface area contributed by atoms with Crippen LogP contribution in [0.1, 0.15) is 15.9 Å². The number of rotatable bonds is 2. The molecule has 0 bridgehead atoms. The van der Waals surface area contributed by atoms with Crippen molar-refractivity contribution >= 4 is 22.6 Å². The van der Waals surface area contributed by atoms with Gasteiger partial charge in [0.1, 0.15) is 5.52 Å². The van der Waals surface area contributed by atoms with Crippen LogP contribution in [0.5, 0.6) is 0 Å². The Balaban J connectivity index is 1.92. The Hall–Kier alpha value is -3.26. The lowest BCUT2D eigenvalue weighted by molar-refractivity contribution is 0.102. The molecule has 0 unspecified atom stereocenters. The molecule has 5 nitrogen and oxygen atoms in total. The van der Waals surface area contributed by atoms with Crippen molar-refractivity contribution in [2.24, 2.45) is 0 Å². The minimum atomic E-state index is -0.259. The van der Waals surface area contributed by atoms with Gasteiger partial charge in [-0.15, -0.1) is 0 Å². The van der Waals surface area contributed by atoms with E-state index < -0.39 is 0 Å². The number of hydrogen-bond acceptors (Lipinski definition) is 4. The third-order valence-corrected chi connectivity index (χ3v) is 3.02. The number of nitrogens with zero attached hydrogens (tertiary/aromatic N) is 3. The van der Waals surface area contributed by atoms with Gasteiger partial charge in [-0.1, -0.05) is 6.07 Å². The maximum atomic E-state index is 12.3. The summed E-state index contributed by atoms with van der Waals surface area (Å²) in [5, 5.41) is 11.5. The molecule has 0 saturated heterocycles. The highest BCUT2D eigenvalue weighted by Crippen LogP contribution is 2.16. The Morgan fingerprint density at radius 2 is 1.81 bits per heavy atom. The molecule has 0 aliphatic rings. The van der Waals surface area contributed by atoms with E-state index in [-0.39, 0.29) is 5.91 Å². The molecule has 0 fully saturated rings. The molecule has 1 heterocycles. The van der Waals surface area contributed by atoms with Crippen LogP contribution in [-0.4, -0.2) is 15.9 Å². The molecule has 0 saturated carbocycles. The van der Waals surface area contributed by atoms with Crippen molar-refractivity contribution in [1.82, 2.24) is 9.97 Å². The van der Waals surface area contributed by atoms with Gasteiger partial charge < -0.3 is 5.32 Å². The SMILES string of the molecule is N#Cc1ccc(NC(=O)c2cccc3nccnc23)cc1. The number of anilines is 1. The van der Waals surface area contributed by atoms with Crippen molar-refractivity contribution in [3.63, 3.8) is 0 Å². The van der Waals surface area contributed by atoms with E-state index in [4.69, 9.17) is 5.26 Å². The zero-order chi connectivity index (χ0) is 14.7. The molecule has 1 aromatic heterocycles. The summed E-state index contributed by atoms with van der Waals surface area (Å²) < 4.78 is 0. The molecular weight excluding hydrogens is 264 g/mol. The summed E-state index contributed by atoms with van der Waals surface area (Å²) in [6.07, 6.45) is 3.14. The topological polar surface area (TPSA) is 78.7 Å². The predicted octanol–water partition coefficient (Wildman–Crippen LogP) is 2.75. The summed E-state index contributed by atoms with van der Waals surface area (Å²) in [4.78, 5) is 20.7. The molecule has 3 rings (SSSR count). The van der Waals surface area contributed by atoms with Gasteiger partial charge in [0, 0.05) is 18.1 Å². The Kier molecular flexibility index (Phi) is 3.27. The number of benzene rings is 2. The van der Waals surface area contributed by atoms with Crippen LogP contribution in [-0.2, 0) is 0 Å². The van der Waals surface area contributed by atoms with Crippen molar-refractivity contribution in [2.75, 3.05) is 5.32 Å². The van der Waals surface area contributed by atoms with Gasteiger partial charge in [-0.3, -0.25) is 14.8 Å². The summed E-state index contributed by atoms with van der Waals surface area (Å²) >= 11 is 0. The number of nitrogens with one attached hydrogen (secondary N) is 1. The molecule has 0 aliphatic carbocycles. The first-order chi connectivity index (χ1) is 10.3. The van der Waals surface area contributed by atoms with E-state index in [1.165, 1.54) is 0 Å². The number of carbonyl (C=O) groups is 1. The molecule has 3 aromatic rings. The summed E-state index contributed by atoms with van der Waals surface area (Å²) in [6, 6.07) is 14.0. The number of aromatic nitrogens is 2. The average Bonchev–Trinajstić information content (AvgIpc) is 2.55. The average molecular weight is 274 g/mol. The minimum Gasteiger partial charge on any atom is -0.322 e. The first-order valence-corrected chi connectivity index (χ1v) is 6.29. The van der Waals surface area contributed by atoms with Gasteiger partial charge in [0.2, 0.25) is 0 Å². The maximum absolute atomic E-state index is 12.3. The van der Waals surface area contributed by atoms with Crippen LogP contribution in [0.2, 0.25) is 0 Å². The van der Waals surface area contributed by atoms with E-state index in [0.29, 0.717) is 27.8 Å². The fraction of sp³-hybridized carbons (Fsp3) is 0. The van der Waals surface area contributed by atoms with Gasteiger partial charge in [-0.05, 0) is 36.4 Å². The lowest BCUT2D eigenvalue weighted by atomic mass is 10.1. The van der Waals surface area contributed by atoms with Crippen LogP contribution >= 0.6 is 0 Å². The lowest BCUT2D eigenvalue weighted by Gasteiger charge is -2.07. The summed E-state index contributed by atoms with van der Waals surface area (Å²) in [6.45, 7) is 0. The van der Waals surface area contributed by atoms with Gasteiger partial charge in [0.15, 0.2) is 0 Å². The number of para-hydroxylation sites is 1. The Morgan fingerprint density at radius 1 is 1.05 bits per heavy atom. The van der Waals surface area contributed by atoms with Crippen LogP contribution in [0, 0.1) is 11.3 Å². The van der Waals surface area contributed by atoms with Crippen LogP contribution in [0.4, 0.5) is 5.69 Å². The predicted molar refractivity (Wildman–Crippen MR) is 78.6 cm³/mol. The zero-order valence-corrected chi connectivity index (χ0v) is 10.9. The highest BCUT2D eigenvalue weighted by molar-refractivity contribution is 6.11. The van der Waals surface area contributed by atoms with Gasteiger partial charge in [-0.25, -0.2) is 0 Å². The monoisotopic (exact) mass is 274 g/mol. The number of fused-ring (bicyclic) bond motifs is 1. The van der Waals surface area contributed by atoms with Crippen molar-refractivity contribution in [3.05, 3.63) is 66.0 Å². The van der Waals surface area contributed by atoms with E-state index >= 15 is 0 Å². The first-order valence-electron chi connectivity index (χ1n) is 6.29. The number of hydrogen-bond donors (Lipinski definition) is 1. The Morgan fingerprint density at radius 3 is 2.57 bits per heavy atom. The van der Waals surface area contributed by atoms with Gasteiger partial charge in [0.25, 0.3) is 5.91 Å². The fourth-order valence-electron chi connectivity index (χ4n) is 2.00. The van der Waals surface area contributed by atoms with Crippen molar-refractivity contribution in [2.45, 2.75) is 0 Å². The quantitative estimate of drug-likeness (QED) is 0.779. The van der Waals surface area contributed by atoms with E-state index in [1.54, 1.807) is 54.9 Å². The van der Waals surface area contributed by atoms with Crippen molar-refractivity contribution in [3.8, 4) is 6.07 Å². The van der Waals surface area contributed by atoms with Gasteiger partial charge >= 0.3 is 0 Å². The Labute approximate surface area is 120 Å². The van der Waals surface area contributed by atoms with Crippen LogP contribution in [0.25, 0.3) is 11.0 Å². The molecular formula is C16H10N4O. The molecule has 0 atom stereocenters. The lowest BCUT2D eigenvalue weighted by Crippen LogP contribution is -2.12. The number of amides is 1. The van der Waals surface area contributed by atoms with Gasteiger partial charge in [0.05, 0.1) is 22.7 Å². The second kappa shape index (κ2) is 5.39. The third-order valence-electron chi connectivity index (χ3n) is 3.02. The molecule has 0 spiro atoms. The van der Waals surface area contributed by atoms with E-state index in [9.17, 15) is 4.79 Å². The number of carbonyl (C=O) groups excluding carboxylic acids is 1. The third kappa shape index (κ3) is 2.55. The summed E-state index contributed by atoms with van der Waals surface area (Å²) in [5.74, 6) is -0.259. The number of nitriles is 1. The minimum absolute atomic E-state index is 0.259. The molecule has 0 radical (unpaired) electrons. The van der Waals surface area contributed by atoms with E-state index in [0.717, 1.165) is 0 Å².